The zero-order valence-corrected chi connectivity index (χ0v) is 12.0. The minimum Gasteiger partial charge on any atom is -0.355 e. The second-order valence-electron chi connectivity index (χ2n) is 3.83. The van der Waals surface area contributed by atoms with E-state index in [0.29, 0.717) is 23.5 Å². The fourth-order valence-corrected chi connectivity index (χ4v) is 2.42. The second kappa shape index (κ2) is 6.21. The van der Waals surface area contributed by atoms with Gasteiger partial charge in [-0.25, -0.2) is 9.97 Å². The lowest BCUT2D eigenvalue weighted by molar-refractivity contribution is 0.112. The van der Waals surface area contributed by atoms with Gasteiger partial charge in [0.05, 0.1) is 5.56 Å². The van der Waals surface area contributed by atoms with Crippen LogP contribution in [0.1, 0.15) is 23.1 Å². The Bertz CT molecular complexity index is 414. The molecule has 0 fully saturated rings. The molecule has 6 heteroatoms. The van der Waals surface area contributed by atoms with Crippen LogP contribution >= 0.6 is 23.4 Å². The van der Waals surface area contributed by atoms with Crippen molar-refractivity contribution >= 4 is 35.5 Å². The monoisotopic (exact) mass is 273 g/mol. The number of aryl methyl sites for hydroxylation is 1. The maximum absolute atomic E-state index is 11.0. The lowest BCUT2D eigenvalue weighted by Crippen LogP contribution is -2.32. The number of carbonyl (C=O) groups is 1. The van der Waals surface area contributed by atoms with Gasteiger partial charge in [-0.15, -0.1) is 0 Å². The van der Waals surface area contributed by atoms with Crippen molar-refractivity contribution in [3.63, 3.8) is 0 Å². The number of hydrogen-bond donors (Lipinski definition) is 0. The molecule has 0 bridgehead atoms. The lowest BCUT2D eigenvalue weighted by Gasteiger charge is -2.26. The Morgan fingerprint density at radius 3 is 2.71 bits per heavy atom. The van der Waals surface area contributed by atoms with Crippen molar-refractivity contribution in [2.75, 3.05) is 24.0 Å². The van der Waals surface area contributed by atoms with Gasteiger partial charge in [-0.05, 0) is 20.1 Å². The fraction of sp³-hybridized carbons (Fsp3) is 0.545. The van der Waals surface area contributed by atoms with Crippen molar-refractivity contribution in [1.29, 1.82) is 0 Å². The number of nitrogens with zero attached hydrogens (tertiary/aromatic N) is 3. The highest BCUT2D eigenvalue weighted by atomic mass is 35.5. The number of anilines is 1. The number of halogens is 1. The number of thioether (sulfide) groups is 1. The Morgan fingerprint density at radius 1 is 1.53 bits per heavy atom. The Labute approximate surface area is 111 Å². The van der Waals surface area contributed by atoms with E-state index >= 15 is 0 Å². The molecule has 0 saturated heterocycles. The molecule has 0 aromatic carbocycles. The summed E-state index contributed by atoms with van der Waals surface area (Å²) in [5, 5.41) is 0.214. The molecule has 0 saturated carbocycles. The van der Waals surface area contributed by atoms with Crippen molar-refractivity contribution in [3.05, 3.63) is 16.5 Å². The summed E-state index contributed by atoms with van der Waals surface area (Å²) >= 11 is 7.69. The van der Waals surface area contributed by atoms with Gasteiger partial charge in [-0.3, -0.25) is 4.79 Å². The zero-order chi connectivity index (χ0) is 13.0. The van der Waals surface area contributed by atoms with Gasteiger partial charge in [0.25, 0.3) is 0 Å². The SMILES string of the molecule is CSCC(C)N(C)c1nc(C)nc(Cl)c1C=O. The highest BCUT2D eigenvalue weighted by Crippen LogP contribution is 2.23. The molecule has 4 nitrogen and oxygen atoms in total. The quantitative estimate of drug-likeness (QED) is 0.609. The molecule has 0 amide bonds. The molecule has 0 aliphatic heterocycles. The first-order valence-electron chi connectivity index (χ1n) is 5.22. The summed E-state index contributed by atoms with van der Waals surface area (Å²) in [6, 6.07) is 0.272. The predicted molar refractivity (Wildman–Crippen MR) is 73.4 cm³/mol. The van der Waals surface area contributed by atoms with E-state index in [9.17, 15) is 4.79 Å². The number of aldehydes is 1. The van der Waals surface area contributed by atoms with E-state index in [1.54, 1.807) is 18.7 Å². The van der Waals surface area contributed by atoms with Crippen molar-refractivity contribution < 1.29 is 4.79 Å². The normalized spacial score (nSPS) is 12.3. The van der Waals surface area contributed by atoms with Gasteiger partial charge in [0.1, 0.15) is 16.8 Å². The maximum atomic E-state index is 11.0. The standard InChI is InChI=1S/C11H16ClN3OS/c1-7(6-17-4)15(3)11-9(5-16)10(12)13-8(2)14-11/h5,7H,6H2,1-4H3. The molecule has 0 radical (unpaired) electrons. The Hall–Kier alpha value is -0.810. The molecule has 0 N–H and O–H groups in total. The van der Waals surface area contributed by atoms with Gasteiger partial charge in [-0.1, -0.05) is 11.6 Å². The smallest absolute Gasteiger partial charge is 0.156 e. The molecule has 1 atom stereocenters. The van der Waals surface area contributed by atoms with Gasteiger partial charge in [-0.2, -0.15) is 11.8 Å². The molecule has 1 heterocycles. The van der Waals surface area contributed by atoms with Crippen LogP contribution in [0.5, 0.6) is 0 Å². The van der Waals surface area contributed by atoms with Gasteiger partial charge >= 0.3 is 0 Å². The number of aromatic nitrogens is 2. The molecular formula is C11H16ClN3OS. The van der Waals surface area contributed by atoms with Gasteiger partial charge in [0, 0.05) is 18.8 Å². The third kappa shape index (κ3) is 3.33. The number of carbonyl (C=O) groups excluding carboxylic acids is 1. The lowest BCUT2D eigenvalue weighted by atomic mass is 10.2. The van der Waals surface area contributed by atoms with Crippen molar-refractivity contribution in [2.45, 2.75) is 19.9 Å². The fourth-order valence-electron chi connectivity index (χ4n) is 1.46. The summed E-state index contributed by atoms with van der Waals surface area (Å²) in [5.74, 6) is 2.12. The van der Waals surface area contributed by atoms with E-state index in [0.717, 1.165) is 5.75 Å². The summed E-state index contributed by atoms with van der Waals surface area (Å²) in [6.07, 6.45) is 2.75. The topological polar surface area (TPSA) is 46.1 Å². The van der Waals surface area contributed by atoms with Gasteiger partial charge < -0.3 is 4.90 Å². The summed E-state index contributed by atoms with van der Waals surface area (Å²) in [5.41, 5.74) is 0.354. The van der Waals surface area contributed by atoms with E-state index in [1.807, 2.05) is 18.2 Å². The van der Waals surface area contributed by atoms with Crippen molar-refractivity contribution in [3.8, 4) is 0 Å². The van der Waals surface area contributed by atoms with Crippen LogP contribution in [-0.4, -0.2) is 41.4 Å². The summed E-state index contributed by atoms with van der Waals surface area (Å²) in [6.45, 7) is 3.84. The average molecular weight is 274 g/mol. The van der Waals surface area contributed by atoms with E-state index in [2.05, 4.69) is 16.9 Å². The van der Waals surface area contributed by atoms with E-state index in [4.69, 9.17) is 11.6 Å². The Kier molecular flexibility index (Phi) is 5.21. The Balaban J connectivity index is 3.15. The van der Waals surface area contributed by atoms with Crippen LogP contribution in [-0.2, 0) is 0 Å². The van der Waals surface area contributed by atoms with Gasteiger partial charge in [0.15, 0.2) is 6.29 Å². The molecule has 0 spiro atoms. The van der Waals surface area contributed by atoms with Crippen LogP contribution in [0.2, 0.25) is 5.15 Å². The van der Waals surface area contributed by atoms with Gasteiger partial charge in [0.2, 0.25) is 0 Å². The minimum atomic E-state index is 0.214. The number of rotatable bonds is 5. The summed E-state index contributed by atoms with van der Waals surface area (Å²) < 4.78 is 0. The molecule has 1 aromatic rings. The highest BCUT2D eigenvalue weighted by molar-refractivity contribution is 7.98. The van der Waals surface area contributed by atoms with E-state index in [-0.39, 0.29) is 11.2 Å². The third-order valence-corrected chi connectivity index (χ3v) is 3.62. The van der Waals surface area contributed by atoms with Crippen molar-refractivity contribution in [2.24, 2.45) is 0 Å². The zero-order valence-electron chi connectivity index (χ0n) is 10.4. The highest BCUT2D eigenvalue weighted by Gasteiger charge is 2.18. The molecule has 0 aliphatic carbocycles. The molecule has 94 valence electrons. The second-order valence-corrected chi connectivity index (χ2v) is 5.10. The van der Waals surface area contributed by atoms with Crippen LogP contribution in [0, 0.1) is 6.92 Å². The third-order valence-electron chi connectivity index (χ3n) is 2.51. The average Bonchev–Trinajstić information content (AvgIpc) is 2.27. The van der Waals surface area contributed by atoms with Crippen LogP contribution in [0.4, 0.5) is 5.82 Å². The van der Waals surface area contributed by atoms with E-state index in [1.165, 1.54) is 0 Å². The van der Waals surface area contributed by atoms with Crippen LogP contribution in [0.3, 0.4) is 0 Å². The van der Waals surface area contributed by atoms with Crippen molar-refractivity contribution in [1.82, 2.24) is 9.97 Å². The predicted octanol–water partition coefficient (Wildman–Crippen LogP) is 2.44. The molecule has 1 rings (SSSR count). The molecular weight excluding hydrogens is 258 g/mol. The first kappa shape index (κ1) is 14.3. The molecule has 0 aliphatic rings. The summed E-state index contributed by atoms with van der Waals surface area (Å²) in [7, 11) is 1.91. The summed E-state index contributed by atoms with van der Waals surface area (Å²) in [4.78, 5) is 21.3. The largest absolute Gasteiger partial charge is 0.355 e. The molecule has 1 unspecified atom stereocenters. The van der Waals surface area contributed by atoms with Crippen LogP contribution in [0.25, 0.3) is 0 Å². The van der Waals surface area contributed by atoms with Crippen LogP contribution in [0.15, 0.2) is 0 Å². The minimum absolute atomic E-state index is 0.214. The first-order chi connectivity index (χ1) is 8.01. The van der Waals surface area contributed by atoms with E-state index < -0.39 is 0 Å². The first-order valence-corrected chi connectivity index (χ1v) is 6.99. The molecule has 1 aromatic heterocycles. The maximum Gasteiger partial charge on any atom is 0.156 e. The molecule has 17 heavy (non-hydrogen) atoms. The van der Waals surface area contributed by atoms with Crippen LogP contribution < -0.4 is 4.90 Å². The Morgan fingerprint density at radius 2 is 2.18 bits per heavy atom. The number of hydrogen-bond acceptors (Lipinski definition) is 5.